The first-order valence-corrected chi connectivity index (χ1v) is 7.51. The molecule has 0 N–H and O–H groups in total. The largest absolute Gasteiger partial charge is 0.493 e. The lowest BCUT2D eigenvalue weighted by Crippen LogP contribution is -2.03. The Balaban J connectivity index is 1.63. The SMILES string of the molecule is COc1cc(-c2nnc(-c3ccc4c(c3)OCO4)o2)ccc1OC(F)F. The average Bonchev–Trinajstić information content (AvgIpc) is 3.30. The van der Waals surface area contributed by atoms with E-state index >= 15 is 0 Å². The van der Waals surface area contributed by atoms with Crippen molar-refractivity contribution in [1.29, 1.82) is 0 Å². The molecule has 2 aromatic carbocycles. The maximum atomic E-state index is 12.4. The molecule has 4 rings (SSSR count). The minimum Gasteiger partial charge on any atom is -0.493 e. The number of nitrogens with zero attached hydrogens (tertiary/aromatic N) is 2. The minimum absolute atomic E-state index is 0.0817. The monoisotopic (exact) mass is 362 g/mol. The Bertz CT molecular complexity index is 945. The number of rotatable bonds is 5. The molecule has 2 heterocycles. The molecule has 0 bridgehead atoms. The molecular formula is C17H12F2N2O5. The van der Waals surface area contributed by atoms with E-state index in [0.717, 1.165) is 0 Å². The maximum Gasteiger partial charge on any atom is 0.387 e. The molecule has 1 aromatic heterocycles. The molecule has 0 radical (unpaired) electrons. The smallest absolute Gasteiger partial charge is 0.387 e. The van der Waals surface area contributed by atoms with Crippen LogP contribution in [0.3, 0.4) is 0 Å². The van der Waals surface area contributed by atoms with Gasteiger partial charge in [-0.25, -0.2) is 0 Å². The van der Waals surface area contributed by atoms with E-state index in [1.807, 2.05) is 0 Å². The highest BCUT2D eigenvalue weighted by atomic mass is 19.3. The molecule has 0 amide bonds. The summed E-state index contributed by atoms with van der Waals surface area (Å²) in [6.45, 7) is -2.78. The molecule has 134 valence electrons. The molecule has 0 saturated carbocycles. The summed E-state index contributed by atoms with van der Waals surface area (Å²) in [7, 11) is 1.35. The first-order valence-electron chi connectivity index (χ1n) is 7.51. The first-order chi connectivity index (χ1) is 12.6. The van der Waals surface area contributed by atoms with Gasteiger partial charge in [0.1, 0.15) is 0 Å². The van der Waals surface area contributed by atoms with Crippen molar-refractivity contribution in [2.75, 3.05) is 13.9 Å². The van der Waals surface area contributed by atoms with Crippen LogP contribution in [-0.2, 0) is 0 Å². The van der Waals surface area contributed by atoms with Gasteiger partial charge in [-0.1, -0.05) is 0 Å². The van der Waals surface area contributed by atoms with Crippen LogP contribution in [0.25, 0.3) is 22.9 Å². The summed E-state index contributed by atoms with van der Waals surface area (Å²) < 4.78 is 50.5. The number of alkyl halides is 2. The van der Waals surface area contributed by atoms with Gasteiger partial charge >= 0.3 is 6.61 Å². The average molecular weight is 362 g/mol. The van der Waals surface area contributed by atoms with Crippen molar-refractivity contribution in [3.05, 3.63) is 36.4 Å². The van der Waals surface area contributed by atoms with Gasteiger partial charge in [0.2, 0.25) is 18.6 Å². The van der Waals surface area contributed by atoms with Crippen LogP contribution in [-0.4, -0.2) is 30.7 Å². The molecule has 0 unspecified atom stereocenters. The van der Waals surface area contributed by atoms with Crippen LogP contribution in [0.4, 0.5) is 8.78 Å². The van der Waals surface area contributed by atoms with Gasteiger partial charge in [0, 0.05) is 11.1 Å². The molecule has 0 atom stereocenters. The number of hydrogen-bond acceptors (Lipinski definition) is 7. The number of hydrogen-bond donors (Lipinski definition) is 0. The lowest BCUT2D eigenvalue weighted by molar-refractivity contribution is -0.0512. The summed E-state index contributed by atoms with van der Waals surface area (Å²) in [5.74, 6) is 1.78. The highest BCUT2D eigenvalue weighted by Gasteiger charge is 2.18. The van der Waals surface area contributed by atoms with Crippen molar-refractivity contribution >= 4 is 0 Å². The Morgan fingerprint density at radius 1 is 0.923 bits per heavy atom. The van der Waals surface area contributed by atoms with Gasteiger partial charge in [-0.15, -0.1) is 10.2 Å². The van der Waals surface area contributed by atoms with Crippen molar-refractivity contribution in [2.24, 2.45) is 0 Å². The molecule has 7 nitrogen and oxygen atoms in total. The topological polar surface area (TPSA) is 75.8 Å². The Hall–Kier alpha value is -3.36. The second kappa shape index (κ2) is 6.51. The predicted molar refractivity (Wildman–Crippen MR) is 84.5 cm³/mol. The minimum atomic E-state index is -2.95. The Kier molecular flexibility index (Phi) is 4.04. The third kappa shape index (κ3) is 2.99. The standard InChI is InChI=1S/C17H12F2N2O5/c1-22-13-6-9(3-5-12(13)25-17(18)19)15-20-21-16(26-15)10-2-4-11-14(7-10)24-8-23-11/h2-7,17H,8H2,1H3. The second-order valence-corrected chi connectivity index (χ2v) is 5.22. The number of halogens is 2. The lowest BCUT2D eigenvalue weighted by atomic mass is 10.2. The third-order valence-corrected chi connectivity index (χ3v) is 3.67. The van der Waals surface area contributed by atoms with Crippen LogP contribution in [0.15, 0.2) is 40.8 Å². The summed E-state index contributed by atoms with van der Waals surface area (Å²) in [6.07, 6.45) is 0. The summed E-state index contributed by atoms with van der Waals surface area (Å²) in [4.78, 5) is 0. The maximum absolute atomic E-state index is 12.4. The zero-order chi connectivity index (χ0) is 18.1. The summed E-state index contributed by atoms with van der Waals surface area (Å²) in [6, 6.07) is 9.61. The van der Waals surface area contributed by atoms with E-state index in [0.29, 0.717) is 22.6 Å². The Labute approximate surface area is 146 Å². The van der Waals surface area contributed by atoms with Crippen LogP contribution in [0.5, 0.6) is 23.0 Å². The van der Waals surface area contributed by atoms with Crippen molar-refractivity contribution in [3.63, 3.8) is 0 Å². The van der Waals surface area contributed by atoms with Gasteiger partial charge < -0.3 is 23.4 Å². The van der Waals surface area contributed by atoms with E-state index in [1.54, 1.807) is 18.2 Å². The van der Waals surface area contributed by atoms with Crippen LogP contribution >= 0.6 is 0 Å². The van der Waals surface area contributed by atoms with Crippen LogP contribution in [0.2, 0.25) is 0 Å². The normalized spacial score (nSPS) is 12.5. The molecular weight excluding hydrogens is 350 g/mol. The fourth-order valence-electron chi connectivity index (χ4n) is 2.48. The fraction of sp³-hybridized carbons (Fsp3) is 0.176. The van der Waals surface area contributed by atoms with Crippen molar-refractivity contribution in [2.45, 2.75) is 6.61 Å². The zero-order valence-corrected chi connectivity index (χ0v) is 13.4. The molecule has 0 fully saturated rings. The highest BCUT2D eigenvalue weighted by Crippen LogP contribution is 2.37. The van der Waals surface area contributed by atoms with Gasteiger partial charge in [0.15, 0.2) is 23.0 Å². The third-order valence-electron chi connectivity index (χ3n) is 3.67. The van der Waals surface area contributed by atoms with Gasteiger partial charge in [-0.3, -0.25) is 0 Å². The fourth-order valence-corrected chi connectivity index (χ4v) is 2.48. The highest BCUT2D eigenvalue weighted by molar-refractivity contribution is 5.64. The van der Waals surface area contributed by atoms with E-state index < -0.39 is 6.61 Å². The first kappa shape index (κ1) is 16.1. The molecule has 0 spiro atoms. The number of methoxy groups -OCH3 is 1. The van der Waals surface area contributed by atoms with E-state index in [-0.39, 0.29) is 30.1 Å². The molecule has 3 aromatic rings. The Morgan fingerprint density at radius 3 is 2.35 bits per heavy atom. The van der Waals surface area contributed by atoms with Crippen LogP contribution < -0.4 is 18.9 Å². The summed E-state index contributed by atoms with van der Waals surface area (Å²) >= 11 is 0. The van der Waals surface area contributed by atoms with E-state index in [2.05, 4.69) is 14.9 Å². The van der Waals surface area contributed by atoms with Crippen molar-refractivity contribution in [3.8, 4) is 45.9 Å². The number of ether oxygens (including phenoxy) is 4. The summed E-state index contributed by atoms with van der Waals surface area (Å²) in [5, 5.41) is 8.00. The van der Waals surface area contributed by atoms with Crippen molar-refractivity contribution in [1.82, 2.24) is 10.2 Å². The molecule has 1 aliphatic rings. The second-order valence-electron chi connectivity index (χ2n) is 5.22. The van der Waals surface area contributed by atoms with Crippen LogP contribution in [0.1, 0.15) is 0 Å². The van der Waals surface area contributed by atoms with Gasteiger partial charge in [0.25, 0.3) is 0 Å². The van der Waals surface area contributed by atoms with E-state index in [1.165, 1.54) is 25.3 Å². The Morgan fingerprint density at radius 2 is 1.62 bits per heavy atom. The molecule has 0 saturated heterocycles. The van der Waals surface area contributed by atoms with E-state index in [4.69, 9.17) is 18.6 Å². The predicted octanol–water partition coefficient (Wildman–Crippen LogP) is 3.74. The van der Waals surface area contributed by atoms with Crippen LogP contribution in [0, 0.1) is 0 Å². The summed E-state index contributed by atoms with van der Waals surface area (Å²) in [5.41, 5.74) is 1.17. The molecule has 9 heteroatoms. The lowest BCUT2D eigenvalue weighted by Gasteiger charge is -2.10. The number of aromatic nitrogens is 2. The van der Waals surface area contributed by atoms with Gasteiger partial charge in [-0.2, -0.15) is 8.78 Å². The molecule has 0 aliphatic carbocycles. The number of benzene rings is 2. The quantitative estimate of drug-likeness (QED) is 0.684. The zero-order valence-electron chi connectivity index (χ0n) is 13.4. The van der Waals surface area contributed by atoms with Gasteiger partial charge in [-0.05, 0) is 36.4 Å². The van der Waals surface area contributed by atoms with Crippen molar-refractivity contribution < 1.29 is 32.1 Å². The van der Waals surface area contributed by atoms with E-state index in [9.17, 15) is 8.78 Å². The number of fused-ring (bicyclic) bond motifs is 1. The molecule has 1 aliphatic heterocycles. The van der Waals surface area contributed by atoms with Gasteiger partial charge in [0.05, 0.1) is 7.11 Å². The molecule has 26 heavy (non-hydrogen) atoms.